The third-order valence-corrected chi connectivity index (χ3v) is 3.71. The number of carboxylic acid groups (broad SMARTS) is 1. The van der Waals surface area contributed by atoms with Gasteiger partial charge in [0.1, 0.15) is 5.82 Å². The molecule has 1 aliphatic carbocycles. The summed E-state index contributed by atoms with van der Waals surface area (Å²) < 4.78 is 12.7. The molecule has 1 fully saturated rings. The molecule has 1 aliphatic rings. The number of nitrogens with one attached hydrogen (secondary N) is 1. The number of amides is 1. The van der Waals surface area contributed by atoms with Gasteiger partial charge in [0.2, 0.25) is 0 Å². The van der Waals surface area contributed by atoms with E-state index in [1.807, 2.05) is 0 Å². The van der Waals surface area contributed by atoms with Crippen molar-refractivity contribution in [3.63, 3.8) is 0 Å². The van der Waals surface area contributed by atoms with Crippen LogP contribution in [-0.2, 0) is 4.79 Å². The fraction of sp³-hybridized carbons (Fsp3) is 0.429. The molecule has 2 rings (SSSR count). The largest absolute Gasteiger partial charge is 0.481 e. The first-order valence-corrected chi connectivity index (χ1v) is 6.31. The van der Waals surface area contributed by atoms with E-state index in [4.69, 9.17) is 0 Å². The van der Waals surface area contributed by atoms with Crippen LogP contribution in [0.15, 0.2) is 24.3 Å². The normalized spacial score (nSPS) is 17.1. The summed E-state index contributed by atoms with van der Waals surface area (Å²) in [4.78, 5) is 23.2. The number of halogens is 1. The summed E-state index contributed by atoms with van der Waals surface area (Å²) in [5.41, 5.74) is -0.504. The lowest BCUT2D eigenvalue weighted by Crippen LogP contribution is -2.41. The van der Waals surface area contributed by atoms with Gasteiger partial charge in [0, 0.05) is 12.1 Å². The molecule has 0 heterocycles. The summed E-state index contributed by atoms with van der Waals surface area (Å²) in [7, 11) is 0. The Balaban J connectivity index is 1.99. The van der Waals surface area contributed by atoms with Gasteiger partial charge in [0.15, 0.2) is 0 Å². The molecule has 102 valence electrons. The molecule has 0 bridgehead atoms. The second-order valence-electron chi connectivity index (χ2n) is 4.98. The van der Waals surface area contributed by atoms with Crippen LogP contribution in [0, 0.1) is 11.2 Å². The molecule has 1 aromatic carbocycles. The van der Waals surface area contributed by atoms with Crippen molar-refractivity contribution in [2.75, 3.05) is 6.54 Å². The number of carboxylic acids is 1. The van der Waals surface area contributed by atoms with E-state index < -0.39 is 17.2 Å². The second-order valence-corrected chi connectivity index (χ2v) is 4.98. The van der Waals surface area contributed by atoms with Crippen molar-refractivity contribution in [3.05, 3.63) is 35.6 Å². The van der Waals surface area contributed by atoms with Crippen molar-refractivity contribution in [2.24, 2.45) is 5.41 Å². The van der Waals surface area contributed by atoms with Gasteiger partial charge in [-0.25, -0.2) is 4.39 Å². The molecule has 2 N–H and O–H groups in total. The van der Waals surface area contributed by atoms with Crippen LogP contribution in [0.1, 0.15) is 36.0 Å². The van der Waals surface area contributed by atoms with E-state index in [2.05, 4.69) is 5.32 Å². The molecule has 1 amide bonds. The summed E-state index contributed by atoms with van der Waals surface area (Å²) in [5, 5.41) is 11.9. The minimum absolute atomic E-state index is 0.124. The highest BCUT2D eigenvalue weighted by molar-refractivity contribution is 5.94. The number of rotatable bonds is 4. The van der Waals surface area contributed by atoms with Gasteiger partial charge in [-0.1, -0.05) is 12.8 Å². The van der Waals surface area contributed by atoms with E-state index in [0.29, 0.717) is 18.4 Å². The van der Waals surface area contributed by atoms with E-state index in [9.17, 15) is 19.1 Å². The van der Waals surface area contributed by atoms with Crippen LogP contribution in [0.3, 0.4) is 0 Å². The highest BCUT2D eigenvalue weighted by atomic mass is 19.1. The summed E-state index contributed by atoms with van der Waals surface area (Å²) >= 11 is 0. The monoisotopic (exact) mass is 265 g/mol. The van der Waals surface area contributed by atoms with E-state index in [-0.39, 0.29) is 12.5 Å². The third kappa shape index (κ3) is 2.92. The smallest absolute Gasteiger partial charge is 0.311 e. The molecule has 0 unspecified atom stereocenters. The Hall–Kier alpha value is -1.91. The van der Waals surface area contributed by atoms with Crippen molar-refractivity contribution in [2.45, 2.75) is 25.7 Å². The van der Waals surface area contributed by atoms with Crippen LogP contribution >= 0.6 is 0 Å². The van der Waals surface area contributed by atoms with Gasteiger partial charge < -0.3 is 10.4 Å². The highest BCUT2D eigenvalue weighted by Gasteiger charge is 2.41. The third-order valence-electron chi connectivity index (χ3n) is 3.71. The standard InChI is InChI=1S/C14H16FNO3/c15-11-5-3-10(4-6-11)12(17)16-9-14(13(18)19)7-1-2-8-14/h3-6H,1-2,7-9H2,(H,16,17)(H,18,19). The van der Waals surface area contributed by atoms with E-state index in [0.717, 1.165) is 12.8 Å². The number of carbonyl (C=O) groups excluding carboxylic acids is 1. The molecule has 0 aliphatic heterocycles. The fourth-order valence-electron chi connectivity index (χ4n) is 2.47. The number of hydrogen-bond donors (Lipinski definition) is 2. The Bertz CT molecular complexity index is 478. The molecule has 0 atom stereocenters. The van der Waals surface area contributed by atoms with Crippen LogP contribution in [0.5, 0.6) is 0 Å². The van der Waals surface area contributed by atoms with Crippen LogP contribution in [0.25, 0.3) is 0 Å². The maximum Gasteiger partial charge on any atom is 0.311 e. The molecule has 0 aromatic heterocycles. The number of hydrogen-bond acceptors (Lipinski definition) is 2. The van der Waals surface area contributed by atoms with E-state index in [1.54, 1.807) is 0 Å². The first-order chi connectivity index (χ1) is 9.03. The Morgan fingerprint density at radius 2 is 1.79 bits per heavy atom. The average molecular weight is 265 g/mol. The zero-order valence-electron chi connectivity index (χ0n) is 10.5. The predicted octanol–water partition coefficient (Wildman–Crippen LogP) is 2.20. The van der Waals surface area contributed by atoms with Crippen LogP contribution in [-0.4, -0.2) is 23.5 Å². The minimum Gasteiger partial charge on any atom is -0.481 e. The summed E-state index contributed by atoms with van der Waals surface area (Å²) in [6.45, 7) is 0.124. The molecule has 19 heavy (non-hydrogen) atoms. The summed E-state index contributed by atoms with van der Waals surface area (Å²) in [6, 6.07) is 5.18. The summed E-state index contributed by atoms with van der Waals surface area (Å²) in [5.74, 6) is -1.63. The number of benzene rings is 1. The van der Waals surface area contributed by atoms with Crippen LogP contribution < -0.4 is 5.32 Å². The molecule has 5 heteroatoms. The highest BCUT2D eigenvalue weighted by Crippen LogP contribution is 2.37. The Morgan fingerprint density at radius 3 is 2.32 bits per heavy atom. The molecule has 0 spiro atoms. The first kappa shape index (κ1) is 13.5. The molecule has 1 saturated carbocycles. The lowest BCUT2D eigenvalue weighted by molar-refractivity contribution is -0.148. The number of carbonyl (C=O) groups is 2. The predicted molar refractivity (Wildman–Crippen MR) is 67.3 cm³/mol. The van der Waals surface area contributed by atoms with Crippen LogP contribution in [0.4, 0.5) is 4.39 Å². The topological polar surface area (TPSA) is 66.4 Å². The number of aliphatic carboxylic acids is 1. The molecule has 4 nitrogen and oxygen atoms in total. The summed E-state index contributed by atoms with van der Waals surface area (Å²) in [6.07, 6.45) is 2.93. The SMILES string of the molecule is O=C(NCC1(C(=O)O)CCCC1)c1ccc(F)cc1. The first-order valence-electron chi connectivity index (χ1n) is 6.31. The zero-order chi connectivity index (χ0) is 13.9. The lowest BCUT2D eigenvalue weighted by Gasteiger charge is -2.23. The van der Waals surface area contributed by atoms with Gasteiger partial charge in [0.05, 0.1) is 5.41 Å². The van der Waals surface area contributed by atoms with Crippen molar-refractivity contribution in [3.8, 4) is 0 Å². The van der Waals surface area contributed by atoms with Gasteiger partial charge in [-0.15, -0.1) is 0 Å². The van der Waals surface area contributed by atoms with Crippen molar-refractivity contribution in [1.29, 1.82) is 0 Å². The molecule has 0 saturated heterocycles. The zero-order valence-corrected chi connectivity index (χ0v) is 10.5. The Morgan fingerprint density at radius 1 is 1.21 bits per heavy atom. The van der Waals surface area contributed by atoms with Gasteiger partial charge in [-0.3, -0.25) is 9.59 Å². The van der Waals surface area contributed by atoms with Crippen molar-refractivity contribution < 1.29 is 19.1 Å². The van der Waals surface area contributed by atoms with Gasteiger partial charge in [-0.05, 0) is 37.1 Å². The second kappa shape index (κ2) is 5.38. The maximum atomic E-state index is 12.7. The lowest BCUT2D eigenvalue weighted by atomic mass is 9.86. The van der Waals surface area contributed by atoms with Gasteiger partial charge in [0.25, 0.3) is 5.91 Å². The maximum absolute atomic E-state index is 12.7. The van der Waals surface area contributed by atoms with E-state index in [1.165, 1.54) is 24.3 Å². The molecular formula is C14H16FNO3. The fourth-order valence-corrected chi connectivity index (χ4v) is 2.47. The molecule has 0 radical (unpaired) electrons. The van der Waals surface area contributed by atoms with Gasteiger partial charge in [-0.2, -0.15) is 0 Å². The van der Waals surface area contributed by atoms with Crippen LogP contribution in [0.2, 0.25) is 0 Å². The minimum atomic E-state index is -0.857. The Kier molecular flexibility index (Phi) is 3.83. The van der Waals surface area contributed by atoms with Gasteiger partial charge >= 0.3 is 5.97 Å². The van der Waals surface area contributed by atoms with Crippen molar-refractivity contribution in [1.82, 2.24) is 5.32 Å². The molecular weight excluding hydrogens is 249 g/mol. The van der Waals surface area contributed by atoms with E-state index >= 15 is 0 Å². The quantitative estimate of drug-likeness (QED) is 0.877. The Labute approximate surface area is 110 Å². The average Bonchev–Trinajstić information content (AvgIpc) is 2.87. The van der Waals surface area contributed by atoms with Crippen molar-refractivity contribution >= 4 is 11.9 Å². The molecule has 1 aromatic rings.